The molecule has 116 valence electrons. The molecule has 6 heteroatoms. The number of nitrogens with zero attached hydrogens (tertiary/aromatic N) is 4. The Bertz CT molecular complexity index is 684. The van der Waals surface area contributed by atoms with Gasteiger partial charge in [-0.05, 0) is 37.7 Å². The molecule has 22 heavy (non-hydrogen) atoms. The highest BCUT2D eigenvalue weighted by molar-refractivity contribution is 7.13. The number of aromatic nitrogens is 3. The van der Waals surface area contributed by atoms with Crippen LogP contribution >= 0.6 is 11.3 Å². The van der Waals surface area contributed by atoms with Crippen LogP contribution in [0.1, 0.15) is 37.3 Å². The van der Waals surface area contributed by atoms with Gasteiger partial charge in [0.2, 0.25) is 0 Å². The third-order valence-electron chi connectivity index (χ3n) is 4.62. The summed E-state index contributed by atoms with van der Waals surface area (Å²) < 4.78 is 1.69. The second kappa shape index (κ2) is 5.83. The van der Waals surface area contributed by atoms with Crippen molar-refractivity contribution in [1.29, 1.82) is 0 Å². The van der Waals surface area contributed by atoms with Crippen LogP contribution in [0.15, 0.2) is 28.5 Å². The summed E-state index contributed by atoms with van der Waals surface area (Å²) >= 11 is 1.70. The molecule has 0 amide bonds. The second-order valence-corrected chi connectivity index (χ2v) is 7.17. The molecule has 0 unspecified atom stereocenters. The largest absolute Gasteiger partial charge is 0.348 e. The third-order valence-corrected chi connectivity index (χ3v) is 5.45. The van der Waals surface area contributed by atoms with Gasteiger partial charge in [0.15, 0.2) is 5.13 Å². The predicted molar refractivity (Wildman–Crippen MR) is 87.5 cm³/mol. The fourth-order valence-electron chi connectivity index (χ4n) is 3.12. The Hall–Kier alpha value is -1.69. The zero-order valence-electron chi connectivity index (χ0n) is 12.5. The van der Waals surface area contributed by atoms with E-state index in [0.29, 0.717) is 11.8 Å². The number of rotatable bonds is 4. The lowest BCUT2D eigenvalue weighted by Crippen LogP contribution is -2.36. The number of piperidine rings is 1. The second-order valence-electron chi connectivity index (χ2n) is 6.30. The molecule has 0 aromatic carbocycles. The van der Waals surface area contributed by atoms with Gasteiger partial charge < -0.3 is 4.90 Å². The van der Waals surface area contributed by atoms with E-state index in [9.17, 15) is 4.79 Å². The Kier molecular flexibility index (Phi) is 3.70. The number of anilines is 1. The summed E-state index contributed by atoms with van der Waals surface area (Å²) in [6, 6.07) is 3.59. The molecule has 1 saturated heterocycles. The molecule has 0 N–H and O–H groups in total. The maximum atomic E-state index is 12.0. The lowest BCUT2D eigenvalue weighted by Gasteiger charge is -2.31. The number of thiazole rings is 1. The van der Waals surface area contributed by atoms with Gasteiger partial charge in [-0.1, -0.05) is 0 Å². The van der Waals surface area contributed by atoms with Crippen LogP contribution < -0.4 is 10.5 Å². The lowest BCUT2D eigenvalue weighted by molar-refractivity contribution is 0.333. The molecule has 1 aliphatic heterocycles. The van der Waals surface area contributed by atoms with Crippen LogP contribution in [0.2, 0.25) is 0 Å². The van der Waals surface area contributed by atoms with Crippen LogP contribution in [0.5, 0.6) is 0 Å². The van der Waals surface area contributed by atoms with Gasteiger partial charge in [-0.2, -0.15) is 5.10 Å². The third kappa shape index (κ3) is 2.92. The van der Waals surface area contributed by atoms with Crippen molar-refractivity contribution in [2.45, 2.75) is 38.1 Å². The minimum atomic E-state index is 0.0340. The van der Waals surface area contributed by atoms with Crippen LogP contribution in [-0.4, -0.2) is 27.9 Å². The molecule has 2 aliphatic rings. The van der Waals surface area contributed by atoms with Crippen molar-refractivity contribution in [1.82, 2.24) is 14.8 Å². The van der Waals surface area contributed by atoms with E-state index in [1.54, 1.807) is 22.1 Å². The van der Waals surface area contributed by atoms with E-state index in [1.807, 2.05) is 17.6 Å². The molecule has 1 aliphatic carbocycles. The van der Waals surface area contributed by atoms with Gasteiger partial charge in [-0.25, -0.2) is 9.67 Å². The summed E-state index contributed by atoms with van der Waals surface area (Å²) in [7, 11) is 0. The lowest BCUT2D eigenvalue weighted by atomic mass is 9.97. The van der Waals surface area contributed by atoms with E-state index >= 15 is 0 Å². The smallest absolute Gasteiger partial charge is 0.266 e. The van der Waals surface area contributed by atoms with Crippen LogP contribution in [0.3, 0.4) is 0 Å². The minimum Gasteiger partial charge on any atom is -0.348 e. The van der Waals surface area contributed by atoms with Gasteiger partial charge in [0.1, 0.15) is 0 Å². The van der Waals surface area contributed by atoms with Gasteiger partial charge >= 0.3 is 0 Å². The fourth-order valence-corrected chi connectivity index (χ4v) is 3.81. The average molecular weight is 316 g/mol. The first-order valence-electron chi connectivity index (χ1n) is 8.02. The van der Waals surface area contributed by atoms with E-state index in [0.717, 1.165) is 43.3 Å². The summed E-state index contributed by atoms with van der Waals surface area (Å²) in [5, 5.41) is 7.71. The summed E-state index contributed by atoms with van der Waals surface area (Å²) in [4.78, 5) is 18.7. The van der Waals surface area contributed by atoms with Crippen molar-refractivity contribution in [3.05, 3.63) is 39.8 Å². The van der Waals surface area contributed by atoms with Crippen molar-refractivity contribution >= 4 is 16.5 Å². The van der Waals surface area contributed by atoms with Crippen molar-refractivity contribution in [3.63, 3.8) is 0 Å². The van der Waals surface area contributed by atoms with E-state index < -0.39 is 0 Å². The zero-order valence-corrected chi connectivity index (χ0v) is 13.3. The molecule has 0 radical (unpaired) electrons. The van der Waals surface area contributed by atoms with E-state index in [2.05, 4.69) is 15.0 Å². The maximum Gasteiger partial charge on any atom is 0.266 e. The average Bonchev–Trinajstić information content (AvgIpc) is 3.25. The van der Waals surface area contributed by atoms with Crippen molar-refractivity contribution in [2.24, 2.45) is 5.92 Å². The first kappa shape index (κ1) is 13.9. The van der Waals surface area contributed by atoms with Crippen LogP contribution in [0, 0.1) is 5.92 Å². The highest BCUT2D eigenvalue weighted by atomic mass is 32.1. The summed E-state index contributed by atoms with van der Waals surface area (Å²) in [5.74, 6) is 1.13. The predicted octanol–water partition coefficient (Wildman–Crippen LogP) is 2.49. The zero-order chi connectivity index (χ0) is 14.9. The van der Waals surface area contributed by atoms with Crippen molar-refractivity contribution in [3.8, 4) is 0 Å². The van der Waals surface area contributed by atoms with Crippen molar-refractivity contribution < 1.29 is 0 Å². The quantitative estimate of drug-likeness (QED) is 0.869. The van der Waals surface area contributed by atoms with Gasteiger partial charge in [-0.15, -0.1) is 11.3 Å². The van der Waals surface area contributed by atoms with Gasteiger partial charge in [0.25, 0.3) is 5.56 Å². The Morgan fingerprint density at radius 2 is 2.00 bits per heavy atom. The Morgan fingerprint density at radius 3 is 2.68 bits per heavy atom. The molecule has 4 rings (SSSR count). The molecule has 1 saturated carbocycles. The van der Waals surface area contributed by atoms with Gasteiger partial charge in [-0.3, -0.25) is 4.79 Å². The number of hydrogen-bond acceptors (Lipinski definition) is 5. The van der Waals surface area contributed by atoms with E-state index in [-0.39, 0.29) is 5.56 Å². The van der Waals surface area contributed by atoms with Gasteiger partial charge in [0, 0.05) is 43.2 Å². The highest BCUT2D eigenvalue weighted by Crippen LogP contribution is 2.38. The monoisotopic (exact) mass is 316 g/mol. The first-order chi connectivity index (χ1) is 10.8. The highest BCUT2D eigenvalue weighted by Gasteiger charge is 2.26. The summed E-state index contributed by atoms with van der Waals surface area (Å²) in [6.07, 6.45) is 6.50. The van der Waals surface area contributed by atoms with Crippen molar-refractivity contribution in [2.75, 3.05) is 18.0 Å². The van der Waals surface area contributed by atoms with E-state index in [4.69, 9.17) is 0 Å². The Morgan fingerprint density at radius 1 is 1.18 bits per heavy atom. The maximum absolute atomic E-state index is 12.0. The molecule has 0 atom stereocenters. The van der Waals surface area contributed by atoms with Crippen LogP contribution in [0.4, 0.5) is 5.13 Å². The summed E-state index contributed by atoms with van der Waals surface area (Å²) in [6.45, 7) is 2.80. The normalized spacial score (nSPS) is 19.5. The SMILES string of the molecule is O=c1ccc(C2CC2)nn1CC1CCN(c2nccs2)CC1. The molecule has 2 fully saturated rings. The first-order valence-corrected chi connectivity index (χ1v) is 8.90. The molecular formula is C16H20N4OS. The molecule has 2 aromatic rings. The summed E-state index contributed by atoms with van der Waals surface area (Å²) in [5.41, 5.74) is 1.13. The molecule has 3 heterocycles. The fraction of sp³-hybridized carbons (Fsp3) is 0.562. The molecule has 0 spiro atoms. The number of hydrogen-bond donors (Lipinski definition) is 0. The van der Waals surface area contributed by atoms with Crippen LogP contribution in [0.25, 0.3) is 0 Å². The minimum absolute atomic E-state index is 0.0340. The standard InChI is InChI=1S/C16H20N4OS/c21-15-4-3-14(13-1-2-13)18-20(15)11-12-5-8-19(9-6-12)16-17-7-10-22-16/h3-4,7,10,12-13H,1-2,5-6,8-9,11H2. The van der Waals surface area contributed by atoms with Crippen LogP contribution in [-0.2, 0) is 6.54 Å². The molecule has 5 nitrogen and oxygen atoms in total. The molecular weight excluding hydrogens is 296 g/mol. The Labute approximate surface area is 133 Å². The molecule has 0 bridgehead atoms. The van der Waals surface area contributed by atoms with E-state index in [1.165, 1.54) is 12.8 Å². The Balaban J connectivity index is 1.40. The topological polar surface area (TPSA) is 51.0 Å². The van der Waals surface area contributed by atoms with Gasteiger partial charge in [0.05, 0.1) is 5.69 Å². The molecule has 2 aromatic heterocycles.